The highest BCUT2D eigenvalue weighted by Gasteiger charge is 2.39. The van der Waals surface area contributed by atoms with Gasteiger partial charge in [0.15, 0.2) is 23.6 Å². The number of nitrogens with two attached hydrogens (primary N) is 1. The topological polar surface area (TPSA) is 131 Å². The van der Waals surface area contributed by atoms with Gasteiger partial charge in [0.2, 0.25) is 0 Å². The number of aliphatic hydroxyl groups excluding tert-OH is 1. The SMILES string of the molecule is Nc1noc2cc(NC(=O)[C@H](O)[C@H]3OCCN(c4ccc(C(F)(F)F)cc4)C3=O)ccc12. The number of fused-ring (bicyclic) bond motifs is 1. The largest absolute Gasteiger partial charge is 0.416 e. The van der Waals surface area contributed by atoms with Crippen LogP contribution in [0.4, 0.5) is 30.4 Å². The Hall–Kier alpha value is -3.64. The number of hydrogen-bond donors (Lipinski definition) is 3. The zero-order valence-corrected chi connectivity index (χ0v) is 16.3. The van der Waals surface area contributed by atoms with Gasteiger partial charge in [-0.25, -0.2) is 0 Å². The Kier molecular flexibility index (Phi) is 5.48. The van der Waals surface area contributed by atoms with E-state index in [-0.39, 0.29) is 30.3 Å². The van der Waals surface area contributed by atoms with E-state index in [1.807, 2.05) is 0 Å². The number of rotatable bonds is 4. The van der Waals surface area contributed by atoms with Crippen molar-refractivity contribution in [1.82, 2.24) is 5.16 Å². The molecule has 0 aliphatic carbocycles. The fraction of sp³-hybridized carbons (Fsp3) is 0.250. The third-order valence-electron chi connectivity index (χ3n) is 4.95. The Labute approximate surface area is 178 Å². The number of nitrogens with one attached hydrogen (secondary N) is 1. The molecule has 2 amide bonds. The lowest BCUT2D eigenvalue weighted by atomic mass is 10.1. The van der Waals surface area contributed by atoms with Gasteiger partial charge in [0.1, 0.15) is 0 Å². The second kappa shape index (κ2) is 8.13. The Balaban J connectivity index is 1.47. The Morgan fingerprint density at radius 2 is 1.97 bits per heavy atom. The number of benzene rings is 2. The van der Waals surface area contributed by atoms with E-state index >= 15 is 0 Å². The van der Waals surface area contributed by atoms with Crippen molar-refractivity contribution in [3.05, 3.63) is 48.0 Å². The number of amides is 2. The van der Waals surface area contributed by atoms with Crippen molar-refractivity contribution < 1.29 is 37.1 Å². The van der Waals surface area contributed by atoms with Crippen molar-refractivity contribution in [2.24, 2.45) is 0 Å². The summed E-state index contributed by atoms with van der Waals surface area (Å²) in [5.41, 5.74) is 5.54. The van der Waals surface area contributed by atoms with E-state index in [9.17, 15) is 27.9 Å². The highest BCUT2D eigenvalue weighted by Crippen LogP contribution is 2.31. The minimum Gasteiger partial charge on any atom is -0.380 e. The second-order valence-corrected chi connectivity index (χ2v) is 7.04. The van der Waals surface area contributed by atoms with Crippen LogP contribution in [-0.2, 0) is 20.5 Å². The van der Waals surface area contributed by atoms with Crippen LogP contribution >= 0.6 is 0 Å². The molecule has 4 N–H and O–H groups in total. The lowest BCUT2D eigenvalue weighted by Gasteiger charge is -2.34. The van der Waals surface area contributed by atoms with Gasteiger partial charge >= 0.3 is 6.18 Å². The summed E-state index contributed by atoms with van der Waals surface area (Å²) in [5, 5.41) is 17.0. The van der Waals surface area contributed by atoms with Crippen molar-refractivity contribution in [1.29, 1.82) is 0 Å². The normalized spacial score (nSPS) is 18.1. The molecular weight excluding hydrogens is 433 g/mol. The second-order valence-electron chi connectivity index (χ2n) is 7.04. The monoisotopic (exact) mass is 450 g/mol. The van der Waals surface area contributed by atoms with E-state index in [0.717, 1.165) is 29.2 Å². The molecule has 2 heterocycles. The van der Waals surface area contributed by atoms with Crippen LogP contribution in [0, 0.1) is 0 Å². The highest BCUT2D eigenvalue weighted by molar-refractivity contribution is 6.04. The van der Waals surface area contributed by atoms with Crippen molar-refractivity contribution in [2.45, 2.75) is 18.4 Å². The molecule has 0 unspecified atom stereocenters. The van der Waals surface area contributed by atoms with Crippen LogP contribution in [0.2, 0.25) is 0 Å². The summed E-state index contributed by atoms with van der Waals surface area (Å²) in [6, 6.07) is 8.52. The number of aromatic nitrogens is 1. The average Bonchev–Trinajstić information content (AvgIpc) is 3.13. The van der Waals surface area contributed by atoms with Crippen LogP contribution in [0.25, 0.3) is 11.0 Å². The molecule has 9 nitrogen and oxygen atoms in total. The number of carbonyl (C=O) groups is 2. The van der Waals surface area contributed by atoms with Crippen molar-refractivity contribution in [2.75, 3.05) is 29.1 Å². The fourth-order valence-electron chi connectivity index (χ4n) is 3.31. The summed E-state index contributed by atoms with van der Waals surface area (Å²) in [5.74, 6) is -1.48. The molecule has 2 atom stereocenters. The van der Waals surface area contributed by atoms with Gasteiger partial charge in [-0.1, -0.05) is 5.16 Å². The van der Waals surface area contributed by atoms with Gasteiger partial charge in [-0.05, 0) is 36.4 Å². The van der Waals surface area contributed by atoms with E-state index in [4.69, 9.17) is 15.0 Å². The molecule has 3 aromatic rings. The first kappa shape index (κ1) is 21.6. The Morgan fingerprint density at radius 1 is 1.25 bits per heavy atom. The van der Waals surface area contributed by atoms with Crippen molar-refractivity contribution in [3.63, 3.8) is 0 Å². The van der Waals surface area contributed by atoms with E-state index in [1.54, 1.807) is 6.07 Å². The standard InChI is InChI=1S/C20H17F3N4O5/c21-20(22,23)10-1-4-12(5-2-10)27-7-8-31-16(19(27)30)15(28)18(29)25-11-3-6-13-14(9-11)32-26-17(13)24/h1-6,9,15-16,28H,7-8H2,(H2,24,26)(H,25,29)/t15-,16-/m1/s1. The summed E-state index contributed by atoms with van der Waals surface area (Å²) in [6.07, 6.45) is -7.91. The van der Waals surface area contributed by atoms with Crippen LogP contribution in [0.3, 0.4) is 0 Å². The predicted octanol–water partition coefficient (Wildman–Crippen LogP) is 2.16. The molecule has 1 aromatic heterocycles. The molecule has 0 bridgehead atoms. The van der Waals surface area contributed by atoms with Crippen LogP contribution in [0.5, 0.6) is 0 Å². The number of halogens is 3. The lowest BCUT2D eigenvalue weighted by molar-refractivity contribution is -0.150. The molecule has 0 saturated carbocycles. The maximum atomic E-state index is 12.8. The average molecular weight is 450 g/mol. The van der Waals surface area contributed by atoms with Crippen molar-refractivity contribution in [3.8, 4) is 0 Å². The maximum Gasteiger partial charge on any atom is 0.416 e. The summed E-state index contributed by atoms with van der Waals surface area (Å²) in [4.78, 5) is 26.4. The zero-order chi connectivity index (χ0) is 23.0. The first-order chi connectivity index (χ1) is 15.1. The molecule has 32 heavy (non-hydrogen) atoms. The van der Waals surface area contributed by atoms with E-state index in [2.05, 4.69) is 10.5 Å². The van der Waals surface area contributed by atoms with E-state index < -0.39 is 35.8 Å². The number of morpholine rings is 1. The van der Waals surface area contributed by atoms with Gasteiger partial charge in [0, 0.05) is 24.0 Å². The molecule has 4 rings (SSSR count). The Morgan fingerprint density at radius 3 is 2.66 bits per heavy atom. The molecule has 1 aliphatic heterocycles. The third kappa shape index (κ3) is 4.09. The van der Waals surface area contributed by atoms with E-state index in [1.165, 1.54) is 12.1 Å². The van der Waals surface area contributed by atoms with Gasteiger partial charge < -0.3 is 30.3 Å². The number of alkyl halides is 3. The molecule has 168 valence electrons. The van der Waals surface area contributed by atoms with Crippen LogP contribution in [0.1, 0.15) is 5.56 Å². The molecule has 12 heteroatoms. The molecular formula is C20H17F3N4O5. The molecule has 1 aliphatic rings. The van der Waals surface area contributed by atoms with Gasteiger partial charge in [0.05, 0.1) is 17.6 Å². The van der Waals surface area contributed by atoms with Crippen molar-refractivity contribution >= 4 is 40.0 Å². The molecule has 0 spiro atoms. The summed E-state index contributed by atoms with van der Waals surface area (Å²) >= 11 is 0. The summed E-state index contributed by atoms with van der Waals surface area (Å²) in [6.45, 7) is 0.0314. The highest BCUT2D eigenvalue weighted by atomic mass is 19.4. The minimum absolute atomic E-state index is 0.0227. The first-order valence-corrected chi connectivity index (χ1v) is 9.39. The van der Waals surface area contributed by atoms with Gasteiger partial charge in [-0.2, -0.15) is 13.2 Å². The Bertz CT molecular complexity index is 1160. The van der Waals surface area contributed by atoms with Crippen LogP contribution in [-0.4, -0.2) is 47.4 Å². The first-order valence-electron chi connectivity index (χ1n) is 9.39. The number of anilines is 3. The smallest absolute Gasteiger partial charge is 0.380 e. The molecule has 1 fully saturated rings. The number of hydrogen-bond acceptors (Lipinski definition) is 7. The number of carbonyl (C=O) groups excluding carboxylic acids is 2. The number of nitrogens with zero attached hydrogens (tertiary/aromatic N) is 2. The number of ether oxygens (including phenoxy) is 1. The molecule has 1 saturated heterocycles. The third-order valence-corrected chi connectivity index (χ3v) is 4.95. The van der Waals surface area contributed by atoms with Gasteiger partial charge in [-0.3, -0.25) is 9.59 Å². The van der Waals surface area contributed by atoms with Gasteiger partial charge in [0.25, 0.3) is 11.8 Å². The maximum absolute atomic E-state index is 12.8. The van der Waals surface area contributed by atoms with E-state index in [0.29, 0.717) is 11.0 Å². The summed E-state index contributed by atoms with van der Waals surface area (Å²) < 4.78 is 48.6. The summed E-state index contributed by atoms with van der Waals surface area (Å²) in [7, 11) is 0. The molecule has 2 aromatic carbocycles. The number of nitrogen functional groups attached to an aromatic ring is 1. The van der Waals surface area contributed by atoms with Crippen LogP contribution in [0.15, 0.2) is 47.0 Å². The lowest BCUT2D eigenvalue weighted by Crippen LogP contribution is -2.55. The minimum atomic E-state index is -4.51. The molecule has 0 radical (unpaired) electrons. The fourth-order valence-corrected chi connectivity index (χ4v) is 3.31. The van der Waals surface area contributed by atoms with Crippen LogP contribution < -0.4 is 16.0 Å². The number of aliphatic hydroxyl groups is 1. The zero-order valence-electron chi connectivity index (χ0n) is 16.3. The quantitative estimate of drug-likeness (QED) is 0.555. The predicted molar refractivity (Wildman–Crippen MR) is 107 cm³/mol. The van der Waals surface area contributed by atoms with Gasteiger partial charge in [-0.15, -0.1) is 0 Å².